The van der Waals surface area contributed by atoms with E-state index in [-0.39, 0.29) is 12.1 Å². The number of benzene rings is 2. The van der Waals surface area contributed by atoms with Crippen LogP contribution in [0.5, 0.6) is 11.5 Å². The van der Waals surface area contributed by atoms with Crippen molar-refractivity contribution in [2.75, 3.05) is 13.1 Å². The van der Waals surface area contributed by atoms with Crippen LogP contribution in [-0.2, 0) is 6.54 Å². The van der Waals surface area contributed by atoms with Gasteiger partial charge in [-0.25, -0.2) is 4.79 Å². The Morgan fingerprint density at radius 3 is 2.71 bits per heavy atom. The average molecular weight is 422 g/mol. The van der Waals surface area contributed by atoms with Crippen LogP contribution in [0.25, 0.3) is 0 Å². The standard InChI is InChI=1S/C25H31N3O3/c1-4-21(16-26)30-23-7-5-6-20(15-23)17-27-25(29)28-12-10-22(11-13-28)31-24-14-18(2)8-9-19(24)3/h5-9,14-15,21-22H,4,10-13,17H2,1-3H3,(H,27,29). The topological polar surface area (TPSA) is 74.6 Å². The first-order valence-corrected chi connectivity index (χ1v) is 10.9. The first-order chi connectivity index (χ1) is 15.0. The predicted octanol–water partition coefficient (Wildman–Crippen LogP) is 4.74. The molecule has 2 amide bonds. The summed E-state index contributed by atoms with van der Waals surface area (Å²) in [5.41, 5.74) is 3.26. The molecule has 1 fully saturated rings. The van der Waals surface area contributed by atoms with Gasteiger partial charge in [-0.05, 0) is 55.2 Å². The quantitative estimate of drug-likeness (QED) is 0.701. The molecule has 0 spiro atoms. The average Bonchev–Trinajstić information content (AvgIpc) is 2.79. The maximum atomic E-state index is 12.6. The number of likely N-dealkylation sites (tertiary alicyclic amines) is 1. The van der Waals surface area contributed by atoms with Gasteiger partial charge in [-0.1, -0.05) is 31.2 Å². The van der Waals surface area contributed by atoms with E-state index >= 15 is 0 Å². The number of nitriles is 1. The molecule has 0 bridgehead atoms. The molecular weight excluding hydrogens is 390 g/mol. The van der Waals surface area contributed by atoms with Crippen LogP contribution in [0.2, 0.25) is 0 Å². The molecule has 2 aromatic rings. The minimum absolute atomic E-state index is 0.0695. The highest BCUT2D eigenvalue weighted by atomic mass is 16.5. The Morgan fingerprint density at radius 1 is 1.23 bits per heavy atom. The van der Waals surface area contributed by atoms with Gasteiger partial charge in [-0.2, -0.15) is 5.26 Å². The first-order valence-electron chi connectivity index (χ1n) is 10.9. The van der Waals surface area contributed by atoms with Gasteiger partial charge in [0, 0.05) is 32.5 Å². The van der Waals surface area contributed by atoms with Crippen LogP contribution >= 0.6 is 0 Å². The van der Waals surface area contributed by atoms with Gasteiger partial charge >= 0.3 is 6.03 Å². The molecule has 31 heavy (non-hydrogen) atoms. The van der Waals surface area contributed by atoms with Gasteiger partial charge in [0.1, 0.15) is 23.7 Å². The normalized spacial score (nSPS) is 15.1. The Morgan fingerprint density at radius 2 is 2.00 bits per heavy atom. The van der Waals surface area contributed by atoms with E-state index in [0.717, 1.165) is 29.7 Å². The Hall–Kier alpha value is -3.20. The summed E-state index contributed by atoms with van der Waals surface area (Å²) in [6.45, 7) is 7.79. The molecule has 3 rings (SSSR count). The zero-order valence-electron chi connectivity index (χ0n) is 18.6. The Balaban J connectivity index is 1.46. The lowest BCUT2D eigenvalue weighted by Gasteiger charge is -2.32. The lowest BCUT2D eigenvalue weighted by molar-refractivity contribution is 0.110. The fraction of sp³-hybridized carbons (Fsp3) is 0.440. The molecule has 1 heterocycles. The lowest BCUT2D eigenvalue weighted by atomic mass is 10.1. The van der Waals surface area contributed by atoms with Gasteiger partial charge in [-0.3, -0.25) is 0 Å². The van der Waals surface area contributed by atoms with Crippen LogP contribution in [0.1, 0.15) is 42.9 Å². The van der Waals surface area contributed by atoms with E-state index in [1.165, 1.54) is 5.56 Å². The van der Waals surface area contributed by atoms with Crippen molar-refractivity contribution in [1.82, 2.24) is 10.2 Å². The van der Waals surface area contributed by atoms with Crippen molar-refractivity contribution in [2.45, 2.75) is 58.8 Å². The summed E-state index contributed by atoms with van der Waals surface area (Å²) in [4.78, 5) is 14.4. The Bertz CT molecular complexity index is 930. The monoisotopic (exact) mass is 421 g/mol. The minimum atomic E-state index is -0.461. The van der Waals surface area contributed by atoms with E-state index in [2.05, 4.69) is 43.4 Å². The number of amides is 2. The third-order valence-corrected chi connectivity index (χ3v) is 5.50. The SMILES string of the molecule is CCC(C#N)Oc1cccc(CNC(=O)N2CCC(Oc3cc(C)ccc3C)CC2)c1. The number of hydrogen-bond donors (Lipinski definition) is 1. The van der Waals surface area contributed by atoms with Gasteiger partial charge in [0.15, 0.2) is 6.10 Å². The number of ether oxygens (including phenoxy) is 2. The summed E-state index contributed by atoms with van der Waals surface area (Å²) >= 11 is 0. The third-order valence-electron chi connectivity index (χ3n) is 5.50. The zero-order chi connectivity index (χ0) is 22.2. The minimum Gasteiger partial charge on any atom is -0.490 e. The number of carbonyl (C=O) groups excluding carboxylic acids is 1. The number of nitrogens with zero attached hydrogens (tertiary/aromatic N) is 2. The van der Waals surface area contributed by atoms with Gasteiger partial charge in [-0.15, -0.1) is 0 Å². The fourth-order valence-electron chi connectivity index (χ4n) is 3.57. The summed E-state index contributed by atoms with van der Waals surface area (Å²) < 4.78 is 11.8. The zero-order valence-corrected chi connectivity index (χ0v) is 18.6. The number of urea groups is 1. The molecule has 1 unspecified atom stereocenters. The molecule has 6 nitrogen and oxygen atoms in total. The van der Waals surface area contributed by atoms with Gasteiger partial charge in [0.05, 0.1) is 0 Å². The van der Waals surface area contributed by atoms with E-state index in [9.17, 15) is 4.79 Å². The third kappa shape index (κ3) is 6.39. The second kappa shape index (κ2) is 10.7. The predicted molar refractivity (Wildman–Crippen MR) is 120 cm³/mol. The van der Waals surface area contributed by atoms with Crippen molar-refractivity contribution < 1.29 is 14.3 Å². The molecule has 1 N–H and O–H groups in total. The van der Waals surface area contributed by atoms with E-state index in [1.807, 2.05) is 36.1 Å². The molecule has 1 saturated heterocycles. The van der Waals surface area contributed by atoms with Crippen molar-refractivity contribution in [1.29, 1.82) is 5.26 Å². The summed E-state index contributed by atoms with van der Waals surface area (Å²) in [7, 11) is 0. The molecule has 164 valence electrons. The summed E-state index contributed by atoms with van der Waals surface area (Å²) in [5.74, 6) is 1.58. The van der Waals surface area contributed by atoms with Crippen LogP contribution in [-0.4, -0.2) is 36.2 Å². The van der Waals surface area contributed by atoms with Crippen molar-refractivity contribution in [2.24, 2.45) is 0 Å². The van der Waals surface area contributed by atoms with Crippen molar-refractivity contribution in [3.05, 3.63) is 59.2 Å². The molecule has 1 aliphatic rings. The number of nitrogens with one attached hydrogen (secondary N) is 1. The number of hydrogen-bond acceptors (Lipinski definition) is 4. The molecule has 2 aromatic carbocycles. The summed E-state index contributed by atoms with van der Waals surface area (Å²) in [6.07, 6.45) is 1.93. The largest absolute Gasteiger partial charge is 0.490 e. The molecule has 0 aromatic heterocycles. The molecule has 0 aliphatic carbocycles. The highest BCUT2D eigenvalue weighted by Crippen LogP contribution is 2.24. The maximum Gasteiger partial charge on any atom is 0.317 e. The van der Waals surface area contributed by atoms with Gasteiger partial charge < -0.3 is 19.7 Å². The van der Waals surface area contributed by atoms with E-state index < -0.39 is 6.10 Å². The summed E-state index contributed by atoms with van der Waals surface area (Å²) in [6, 6.07) is 15.8. The Kier molecular flexibility index (Phi) is 7.77. The van der Waals surface area contributed by atoms with Crippen LogP contribution in [0.15, 0.2) is 42.5 Å². The second-order valence-corrected chi connectivity index (χ2v) is 8.02. The highest BCUT2D eigenvalue weighted by molar-refractivity contribution is 5.74. The Labute approximate surface area is 184 Å². The van der Waals surface area contributed by atoms with Crippen molar-refractivity contribution >= 4 is 6.03 Å². The van der Waals surface area contributed by atoms with Gasteiger partial charge in [0.2, 0.25) is 0 Å². The van der Waals surface area contributed by atoms with Crippen LogP contribution < -0.4 is 14.8 Å². The highest BCUT2D eigenvalue weighted by Gasteiger charge is 2.24. The number of rotatable bonds is 7. The maximum absolute atomic E-state index is 12.6. The lowest BCUT2D eigenvalue weighted by Crippen LogP contribution is -2.46. The number of carbonyl (C=O) groups is 1. The second-order valence-electron chi connectivity index (χ2n) is 8.02. The van der Waals surface area contributed by atoms with Crippen LogP contribution in [0.4, 0.5) is 4.79 Å². The molecule has 1 aliphatic heterocycles. The van der Waals surface area contributed by atoms with Gasteiger partial charge in [0.25, 0.3) is 0 Å². The molecule has 1 atom stereocenters. The van der Waals surface area contributed by atoms with Crippen molar-refractivity contribution in [3.8, 4) is 17.6 Å². The smallest absolute Gasteiger partial charge is 0.317 e. The van der Waals surface area contributed by atoms with Crippen LogP contribution in [0.3, 0.4) is 0 Å². The number of aryl methyl sites for hydroxylation is 2. The van der Waals surface area contributed by atoms with E-state index in [4.69, 9.17) is 14.7 Å². The van der Waals surface area contributed by atoms with E-state index in [0.29, 0.717) is 31.8 Å². The fourth-order valence-corrected chi connectivity index (χ4v) is 3.57. The molecular formula is C25H31N3O3. The molecule has 0 saturated carbocycles. The summed E-state index contributed by atoms with van der Waals surface area (Å²) in [5, 5.41) is 12.0. The first kappa shape index (κ1) is 22.5. The molecule has 6 heteroatoms. The van der Waals surface area contributed by atoms with Crippen molar-refractivity contribution in [3.63, 3.8) is 0 Å². The van der Waals surface area contributed by atoms with E-state index in [1.54, 1.807) is 0 Å². The number of piperidine rings is 1. The molecule has 0 radical (unpaired) electrons. The van der Waals surface area contributed by atoms with Crippen LogP contribution in [0, 0.1) is 25.2 Å².